The first-order chi connectivity index (χ1) is 15.4. The number of hydrogen-bond donors (Lipinski definition) is 1. The van der Waals surface area contributed by atoms with E-state index in [9.17, 15) is 18.9 Å². The Morgan fingerprint density at radius 3 is 2.50 bits per heavy atom. The summed E-state index contributed by atoms with van der Waals surface area (Å²) in [6, 6.07) is 15.5. The first-order valence-electron chi connectivity index (χ1n) is 9.62. The molecule has 0 amide bonds. The van der Waals surface area contributed by atoms with E-state index in [1.807, 2.05) is 29.0 Å². The van der Waals surface area contributed by atoms with E-state index >= 15 is 0 Å². The highest BCUT2D eigenvalue weighted by molar-refractivity contribution is 7.99. The number of nitrogens with two attached hydrogens (primary N) is 1. The minimum absolute atomic E-state index is 0.0102. The van der Waals surface area contributed by atoms with Crippen molar-refractivity contribution >= 4 is 28.4 Å². The first kappa shape index (κ1) is 21.6. The molecule has 0 atom stereocenters. The Morgan fingerprint density at radius 2 is 1.78 bits per heavy atom. The van der Waals surface area contributed by atoms with Gasteiger partial charge in [0, 0.05) is 40.7 Å². The van der Waals surface area contributed by atoms with Gasteiger partial charge in [-0.2, -0.15) is 0 Å². The van der Waals surface area contributed by atoms with E-state index in [1.165, 1.54) is 30.0 Å². The molecule has 1 aromatic heterocycles. The topological polar surface area (TPSA) is 74.1 Å². The molecule has 0 radical (unpaired) electrons. The van der Waals surface area contributed by atoms with Gasteiger partial charge in [-0.15, -0.1) is 0 Å². The number of hydrogen-bond acceptors (Lipinski definition) is 4. The Kier molecular flexibility index (Phi) is 6.21. The van der Waals surface area contributed by atoms with Gasteiger partial charge in [0.1, 0.15) is 11.6 Å². The molecule has 0 fully saturated rings. The van der Waals surface area contributed by atoms with Gasteiger partial charge in [-0.3, -0.25) is 10.1 Å². The lowest BCUT2D eigenvalue weighted by molar-refractivity contribution is -0.387. The normalized spacial score (nSPS) is 10.7. The molecule has 0 aliphatic rings. The summed E-state index contributed by atoms with van der Waals surface area (Å²) >= 11 is 1.27. The van der Waals surface area contributed by atoms with Crippen LogP contribution >= 0.6 is 11.8 Å². The van der Waals surface area contributed by atoms with Crippen molar-refractivity contribution in [3.8, 4) is 11.8 Å². The molecule has 0 aliphatic heterocycles. The molecule has 5 nitrogen and oxygen atoms in total. The minimum atomic E-state index is -0.652. The third-order valence-corrected chi connectivity index (χ3v) is 5.85. The second-order valence-corrected chi connectivity index (χ2v) is 8.05. The molecule has 3 aromatic carbocycles. The van der Waals surface area contributed by atoms with Gasteiger partial charge in [0.15, 0.2) is 0 Å². The summed E-state index contributed by atoms with van der Waals surface area (Å²) < 4.78 is 29.3. The SMILES string of the molecule is NCC#Cc1ccc2c(Sc3ccccc3[N+](=O)[O-])cn(Cc3cc(F)cc(F)c3)c2c1. The quantitative estimate of drug-likeness (QED) is 0.254. The van der Waals surface area contributed by atoms with Crippen LogP contribution in [-0.2, 0) is 6.54 Å². The monoisotopic (exact) mass is 449 g/mol. The van der Waals surface area contributed by atoms with E-state index in [1.54, 1.807) is 18.2 Å². The van der Waals surface area contributed by atoms with Crippen LogP contribution in [-0.4, -0.2) is 16.0 Å². The van der Waals surface area contributed by atoms with Crippen molar-refractivity contribution in [2.45, 2.75) is 16.3 Å². The molecule has 0 saturated carbocycles. The van der Waals surface area contributed by atoms with Crippen LogP contribution in [0.3, 0.4) is 0 Å². The van der Waals surface area contributed by atoms with Crippen LogP contribution in [0.1, 0.15) is 11.1 Å². The number of nitro groups is 1. The first-order valence-corrected chi connectivity index (χ1v) is 10.4. The predicted octanol–water partition coefficient (Wildman–Crippen LogP) is 5.34. The number of benzene rings is 3. The second-order valence-electron chi connectivity index (χ2n) is 6.96. The van der Waals surface area contributed by atoms with E-state index < -0.39 is 16.6 Å². The van der Waals surface area contributed by atoms with Crippen LogP contribution in [0.2, 0.25) is 0 Å². The zero-order chi connectivity index (χ0) is 22.7. The maximum atomic E-state index is 13.7. The van der Waals surface area contributed by atoms with Crippen LogP contribution in [0, 0.1) is 33.6 Å². The molecule has 2 N–H and O–H groups in total. The zero-order valence-electron chi connectivity index (χ0n) is 16.7. The van der Waals surface area contributed by atoms with Crippen LogP contribution < -0.4 is 5.73 Å². The van der Waals surface area contributed by atoms with E-state index in [0.29, 0.717) is 10.5 Å². The van der Waals surface area contributed by atoms with Gasteiger partial charge in [0.2, 0.25) is 0 Å². The Hall–Kier alpha value is -3.67. The molecule has 8 heteroatoms. The average molecular weight is 449 g/mol. The average Bonchev–Trinajstić information content (AvgIpc) is 3.08. The van der Waals surface area contributed by atoms with E-state index in [0.717, 1.165) is 27.4 Å². The molecule has 4 rings (SSSR count). The lowest BCUT2D eigenvalue weighted by atomic mass is 10.1. The maximum absolute atomic E-state index is 13.7. The van der Waals surface area contributed by atoms with Crippen molar-refractivity contribution in [3.05, 3.63) is 99.7 Å². The summed E-state index contributed by atoms with van der Waals surface area (Å²) in [5.41, 5.74) is 7.48. The van der Waals surface area contributed by atoms with Crippen molar-refractivity contribution in [1.82, 2.24) is 4.57 Å². The minimum Gasteiger partial charge on any atom is -0.342 e. The van der Waals surface area contributed by atoms with Gasteiger partial charge < -0.3 is 10.3 Å². The molecule has 1 heterocycles. The summed E-state index contributed by atoms with van der Waals surface area (Å²) in [6.07, 6.45) is 1.83. The van der Waals surface area contributed by atoms with Gasteiger partial charge in [-0.05, 0) is 35.9 Å². The molecule has 0 aliphatic carbocycles. The van der Waals surface area contributed by atoms with E-state index in [4.69, 9.17) is 5.73 Å². The van der Waals surface area contributed by atoms with Crippen molar-refractivity contribution in [3.63, 3.8) is 0 Å². The number of halogens is 2. The lowest BCUT2D eigenvalue weighted by Gasteiger charge is -2.06. The van der Waals surface area contributed by atoms with Gasteiger partial charge in [0.25, 0.3) is 5.69 Å². The van der Waals surface area contributed by atoms with Crippen molar-refractivity contribution in [2.75, 3.05) is 6.54 Å². The number of aromatic nitrogens is 1. The molecule has 160 valence electrons. The highest BCUT2D eigenvalue weighted by Crippen LogP contribution is 2.39. The predicted molar refractivity (Wildman–Crippen MR) is 121 cm³/mol. The van der Waals surface area contributed by atoms with E-state index in [2.05, 4.69) is 11.8 Å². The molecule has 0 saturated heterocycles. The Morgan fingerprint density at radius 1 is 1.03 bits per heavy atom. The van der Waals surface area contributed by atoms with Gasteiger partial charge in [-0.25, -0.2) is 8.78 Å². The Bertz CT molecular complexity index is 1370. The van der Waals surface area contributed by atoms with E-state index in [-0.39, 0.29) is 18.8 Å². The Labute approximate surface area is 187 Å². The number of nitro benzene ring substituents is 1. The summed E-state index contributed by atoms with van der Waals surface area (Å²) in [4.78, 5) is 12.3. The summed E-state index contributed by atoms with van der Waals surface area (Å²) in [6.45, 7) is 0.441. The summed E-state index contributed by atoms with van der Waals surface area (Å²) in [5, 5.41) is 12.3. The number of rotatable bonds is 5. The number of nitrogens with zero attached hydrogens (tertiary/aromatic N) is 2. The third kappa shape index (κ3) is 4.64. The summed E-state index contributed by atoms with van der Waals surface area (Å²) in [5.74, 6) is 4.49. The van der Waals surface area contributed by atoms with Gasteiger partial charge in [0.05, 0.1) is 21.9 Å². The fraction of sp³-hybridized carbons (Fsp3) is 0.0833. The van der Waals surface area contributed by atoms with Crippen molar-refractivity contribution in [2.24, 2.45) is 5.73 Å². The lowest BCUT2D eigenvalue weighted by Crippen LogP contribution is -1.99. The second kappa shape index (κ2) is 9.22. The van der Waals surface area contributed by atoms with Gasteiger partial charge >= 0.3 is 0 Å². The summed E-state index contributed by atoms with van der Waals surface area (Å²) in [7, 11) is 0. The maximum Gasteiger partial charge on any atom is 0.283 e. The third-order valence-electron chi connectivity index (χ3n) is 4.74. The number of fused-ring (bicyclic) bond motifs is 1. The van der Waals surface area contributed by atoms with Crippen LogP contribution in [0.5, 0.6) is 0 Å². The largest absolute Gasteiger partial charge is 0.342 e. The number of para-hydroxylation sites is 1. The fourth-order valence-corrected chi connectivity index (χ4v) is 4.51. The Balaban J connectivity index is 1.82. The van der Waals surface area contributed by atoms with Gasteiger partial charge in [-0.1, -0.05) is 41.8 Å². The molecule has 0 unspecified atom stereocenters. The van der Waals surface area contributed by atoms with Crippen LogP contribution in [0.15, 0.2) is 76.7 Å². The smallest absolute Gasteiger partial charge is 0.283 e. The van der Waals surface area contributed by atoms with Crippen LogP contribution in [0.4, 0.5) is 14.5 Å². The molecular weight excluding hydrogens is 432 g/mol. The van der Waals surface area contributed by atoms with Crippen molar-refractivity contribution in [1.29, 1.82) is 0 Å². The molecular formula is C24H17F2N3O2S. The zero-order valence-corrected chi connectivity index (χ0v) is 17.5. The molecule has 0 bridgehead atoms. The highest BCUT2D eigenvalue weighted by atomic mass is 32.2. The standard InChI is InChI=1S/C24H17F2N3O2S/c25-18-10-17(11-19(26)13-18)14-28-15-24(32-23-6-2-1-5-21(23)29(30)31)20-8-7-16(4-3-9-27)12-22(20)28/h1-2,5-8,10-13,15H,9,14,27H2. The van der Waals surface area contributed by atoms with Crippen LogP contribution in [0.25, 0.3) is 10.9 Å². The molecule has 0 spiro atoms. The van der Waals surface area contributed by atoms with Crippen molar-refractivity contribution < 1.29 is 13.7 Å². The molecule has 32 heavy (non-hydrogen) atoms. The highest BCUT2D eigenvalue weighted by Gasteiger charge is 2.17. The fourth-order valence-electron chi connectivity index (χ4n) is 3.41. The molecule has 4 aromatic rings.